The Morgan fingerprint density at radius 2 is 2.17 bits per heavy atom. The monoisotopic (exact) mass is 313 g/mol. The van der Waals surface area contributed by atoms with Crippen molar-refractivity contribution in [3.8, 4) is 0 Å². The average molecular weight is 314 g/mol. The first-order chi connectivity index (χ1) is 8.52. The number of amides is 1. The molecule has 100 valence electrons. The molecule has 0 saturated heterocycles. The van der Waals surface area contributed by atoms with Crippen LogP contribution >= 0.6 is 15.9 Å². The summed E-state index contributed by atoms with van der Waals surface area (Å²) >= 11 is 3.49. The summed E-state index contributed by atoms with van der Waals surface area (Å²) in [6.07, 6.45) is 2.15. The Kier molecular flexibility index (Phi) is 6.15. The van der Waals surface area contributed by atoms with Gasteiger partial charge in [0.2, 0.25) is 5.91 Å². The molecule has 18 heavy (non-hydrogen) atoms. The number of rotatable bonds is 7. The van der Waals surface area contributed by atoms with E-state index in [1.54, 1.807) is 0 Å². The van der Waals surface area contributed by atoms with Gasteiger partial charge in [0.15, 0.2) is 0 Å². The first-order valence-electron chi connectivity index (χ1n) is 6.07. The van der Waals surface area contributed by atoms with E-state index in [9.17, 15) is 4.79 Å². The predicted molar refractivity (Wildman–Crippen MR) is 77.9 cm³/mol. The highest BCUT2D eigenvalue weighted by molar-refractivity contribution is 9.10. The third kappa shape index (κ3) is 5.06. The number of nitrogens with two attached hydrogens (primary N) is 2. The minimum absolute atomic E-state index is 0.289. The van der Waals surface area contributed by atoms with E-state index < -0.39 is 0 Å². The first-order valence-corrected chi connectivity index (χ1v) is 6.86. The topological polar surface area (TPSA) is 72.3 Å². The van der Waals surface area contributed by atoms with Crippen LogP contribution in [-0.4, -0.2) is 23.9 Å². The molecule has 4 nitrogen and oxygen atoms in total. The van der Waals surface area contributed by atoms with Crippen LogP contribution in [-0.2, 0) is 11.3 Å². The summed E-state index contributed by atoms with van der Waals surface area (Å²) in [5.41, 5.74) is 12.8. The lowest BCUT2D eigenvalue weighted by atomic mass is 10.2. The third-order valence-corrected chi connectivity index (χ3v) is 3.42. The zero-order valence-electron chi connectivity index (χ0n) is 10.7. The van der Waals surface area contributed by atoms with Gasteiger partial charge in [-0.1, -0.05) is 35.3 Å². The van der Waals surface area contributed by atoms with Gasteiger partial charge in [-0.05, 0) is 30.7 Å². The van der Waals surface area contributed by atoms with Crippen LogP contribution in [0.25, 0.3) is 0 Å². The van der Waals surface area contributed by atoms with Gasteiger partial charge in [0, 0.05) is 16.7 Å². The van der Waals surface area contributed by atoms with Crippen molar-refractivity contribution in [2.75, 3.05) is 18.8 Å². The minimum Gasteiger partial charge on any atom is -0.399 e. The lowest BCUT2D eigenvalue weighted by Gasteiger charge is -2.21. The molecule has 0 fully saturated rings. The Morgan fingerprint density at radius 3 is 2.72 bits per heavy atom. The predicted octanol–water partition coefficient (Wildman–Crippen LogP) is 2.12. The molecule has 1 aromatic carbocycles. The highest BCUT2D eigenvalue weighted by atomic mass is 79.9. The van der Waals surface area contributed by atoms with E-state index in [1.807, 2.05) is 18.2 Å². The average Bonchev–Trinajstić information content (AvgIpc) is 2.29. The summed E-state index contributed by atoms with van der Waals surface area (Å²) in [4.78, 5) is 13.1. The van der Waals surface area contributed by atoms with Crippen molar-refractivity contribution in [1.82, 2.24) is 4.90 Å². The number of primary amides is 1. The van der Waals surface area contributed by atoms with Gasteiger partial charge in [-0.2, -0.15) is 0 Å². The van der Waals surface area contributed by atoms with Gasteiger partial charge in [0.05, 0.1) is 6.54 Å². The number of anilines is 1. The summed E-state index contributed by atoms with van der Waals surface area (Å²) in [7, 11) is 0. The third-order valence-electron chi connectivity index (χ3n) is 2.68. The summed E-state index contributed by atoms with van der Waals surface area (Å²) in [6, 6.07) is 5.71. The Bertz CT molecular complexity index is 409. The van der Waals surface area contributed by atoms with Crippen molar-refractivity contribution >= 4 is 27.5 Å². The fourth-order valence-corrected chi connectivity index (χ4v) is 2.27. The summed E-state index contributed by atoms with van der Waals surface area (Å²) in [6.45, 7) is 3.98. The molecule has 1 rings (SSSR count). The molecule has 0 aliphatic carbocycles. The van der Waals surface area contributed by atoms with E-state index in [0.29, 0.717) is 6.54 Å². The van der Waals surface area contributed by atoms with E-state index in [-0.39, 0.29) is 12.5 Å². The van der Waals surface area contributed by atoms with Crippen molar-refractivity contribution < 1.29 is 4.79 Å². The van der Waals surface area contributed by atoms with E-state index in [4.69, 9.17) is 11.5 Å². The normalized spacial score (nSPS) is 10.8. The number of nitrogens with zero attached hydrogens (tertiary/aromatic N) is 1. The second kappa shape index (κ2) is 7.38. The van der Waals surface area contributed by atoms with Gasteiger partial charge in [-0.3, -0.25) is 9.69 Å². The standard InChI is InChI=1S/C13H20BrN3O/c1-2-3-6-17(9-13(16)18)8-10-4-5-11(15)7-12(10)14/h4-5,7H,2-3,6,8-9,15H2,1H3,(H2,16,18). The Morgan fingerprint density at radius 1 is 1.44 bits per heavy atom. The number of nitrogen functional groups attached to an aromatic ring is 1. The van der Waals surface area contributed by atoms with Gasteiger partial charge in [-0.15, -0.1) is 0 Å². The number of hydrogen-bond acceptors (Lipinski definition) is 3. The number of halogens is 1. The molecule has 0 atom stereocenters. The van der Waals surface area contributed by atoms with Crippen molar-refractivity contribution in [2.24, 2.45) is 5.73 Å². The van der Waals surface area contributed by atoms with Crippen LogP contribution in [0, 0.1) is 0 Å². The van der Waals surface area contributed by atoms with Gasteiger partial charge < -0.3 is 11.5 Å². The van der Waals surface area contributed by atoms with Crippen molar-refractivity contribution in [3.05, 3.63) is 28.2 Å². The number of hydrogen-bond donors (Lipinski definition) is 2. The quantitative estimate of drug-likeness (QED) is 0.757. The molecule has 0 unspecified atom stereocenters. The van der Waals surface area contributed by atoms with Crippen LogP contribution in [0.3, 0.4) is 0 Å². The largest absolute Gasteiger partial charge is 0.399 e. The summed E-state index contributed by atoms with van der Waals surface area (Å²) in [5, 5.41) is 0. The zero-order valence-corrected chi connectivity index (χ0v) is 12.2. The number of carbonyl (C=O) groups excluding carboxylic acids is 1. The van der Waals surface area contributed by atoms with Gasteiger partial charge in [-0.25, -0.2) is 0 Å². The van der Waals surface area contributed by atoms with E-state index in [0.717, 1.165) is 35.1 Å². The van der Waals surface area contributed by atoms with E-state index in [2.05, 4.69) is 27.8 Å². The van der Waals surface area contributed by atoms with Crippen LogP contribution in [0.2, 0.25) is 0 Å². The minimum atomic E-state index is -0.294. The van der Waals surface area contributed by atoms with Crippen LogP contribution < -0.4 is 11.5 Å². The molecule has 0 aromatic heterocycles. The lowest BCUT2D eigenvalue weighted by molar-refractivity contribution is -0.119. The zero-order chi connectivity index (χ0) is 13.5. The molecule has 0 aliphatic rings. The van der Waals surface area contributed by atoms with Crippen LogP contribution in [0.5, 0.6) is 0 Å². The van der Waals surface area contributed by atoms with Gasteiger partial charge >= 0.3 is 0 Å². The molecule has 0 aliphatic heterocycles. The van der Waals surface area contributed by atoms with Crippen LogP contribution in [0.4, 0.5) is 5.69 Å². The van der Waals surface area contributed by atoms with E-state index in [1.165, 1.54) is 0 Å². The van der Waals surface area contributed by atoms with E-state index >= 15 is 0 Å². The summed E-state index contributed by atoms with van der Waals surface area (Å²) in [5.74, 6) is -0.294. The first kappa shape index (κ1) is 15.0. The maximum absolute atomic E-state index is 11.1. The molecule has 1 amide bonds. The molecule has 1 aromatic rings. The molecular weight excluding hydrogens is 294 g/mol. The molecule has 0 saturated carbocycles. The molecule has 0 radical (unpaired) electrons. The Balaban J connectivity index is 2.71. The highest BCUT2D eigenvalue weighted by Gasteiger charge is 2.10. The molecule has 0 spiro atoms. The van der Waals surface area contributed by atoms with Gasteiger partial charge in [0.1, 0.15) is 0 Å². The SMILES string of the molecule is CCCCN(CC(N)=O)Cc1ccc(N)cc1Br. The smallest absolute Gasteiger partial charge is 0.231 e. The maximum atomic E-state index is 11.1. The molecule has 4 N–H and O–H groups in total. The summed E-state index contributed by atoms with van der Waals surface area (Å²) < 4.78 is 0.966. The van der Waals surface area contributed by atoms with Crippen molar-refractivity contribution in [3.63, 3.8) is 0 Å². The number of unbranched alkanes of at least 4 members (excludes halogenated alkanes) is 1. The fourth-order valence-electron chi connectivity index (χ4n) is 1.75. The Labute approximate surface area is 116 Å². The lowest BCUT2D eigenvalue weighted by Crippen LogP contribution is -2.34. The molecule has 0 heterocycles. The van der Waals surface area contributed by atoms with Crippen molar-refractivity contribution in [1.29, 1.82) is 0 Å². The molecular formula is C13H20BrN3O. The Hall–Kier alpha value is -1.07. The van der Waals surface area contributed by atoms with Crippen LogP contribution in [0.1, 0.15) is 25.3 Å². The van der Waals surface area contributed by atoms with Crippen LogP contribution in [0.15, 0.2) is 22.7 Å². The second-order valence-corrected chi connectivity index (χ2v) is 5.24. The van der Waals surface area contributed by atoms with Gasteiger partial charge in [0.25, 0.3) is 0 Å². The number of benzene rings is 1. The number of carbonyl (C=O) groups is 1. The highest BCUT2D eigenvalue weighted by Crippen LogP contribution is 2.21. The second-order valence-electron chi connectivity index (χ2n) is 4.38. The molecule has 5 heteroatoms. The molecule has 0 bridgehead atoms. The van der Waals surface area contributed by atoms with Crippen molar-refractivity contribution in [2.45, 2.75) is 26.3 Å². The maximum Gasteiger partial charge on any atom is 0.231 e. The fraction of sp³-hybridized carbons (Fsp3) is 0.462.